The zero-order chi connectivity index (χ0) is 14.5. The van der Waals surface area contributed by atoms with E-state index in [1.54, 1.807) is 12.4 Å². The van der Waals surface area contributed by atoms with E-state index in [-0.39, 0.29) is 0 Å². The SMILES string of the molecule is CN1CCC(c2nccnc2NCc2ccncc2)CC1. The average molecular weight is 283 g/mol. The van der Waals surface area contributed by atoms with Crippen molar-refractivity contribution in [1.82, 2.24) is 19.9 Å². The summed E-state index contributed by atoms with van der Waals surface area (Å²) in [7, 11) is 2.18. The fourth-order valence-corrected chi connectivity index (χ4v) is 2.75. The van der Waals surface area contributed by atoms with Gasteiger partial charge in [0.05, 0.1) is 5.69 Å². The molecular formula is C16H21N5. The molecule has 0 aromatic carbocycles. The first kappa shape index (κ1) is 13.9. The van der Waals surface area contributed by atoms with Crippen LogP contribution in [0.15, 0.2) is 36.9 Å². The van der Waals surface area contributed by atoms with Crippen LogP contribution in [0.2, 0.25) is 0 Å². The van der Waals surface area contributed by atoms with E-state index < -0.39 is 0 Å². The number of nitrogens with zero attached hydrogens (tertiary/aromatic N) is 4. The number of anilines is 1. The molecule has 5 heteroatoms. The number of likely N-dealkylation sites (tertiary alicyclic amines) is 1. The van der Waals surface area contributed by atoms with Crippen LogP contribution < -0.4 is 5.32 Å². The van der Waals surface area contributed by atoms with Gasteiger partial charge in [0.25, 0.3) is 0 Å². The molecule has 0 atom stereocenters. The molecule has 2 aromatic rings. The summed E-state index contributed by atoms with van der Waals surface area (Å²) in [6.45, 7) is 3.01. The third-order valence-electron chi connectivity index (χ3n) is 4.04. The van der Waals surface area contributed by atoms with Crippen LogP contribution in [0.4, 0.5) is 5.82 Å². The number of piperidine rings is 1. The smallest absolute Gasteiger partial charge is 0.148 e. The standard InChI is InChI=1S/C16H21N5/c1-21-10-4-14(5-11-21)15-16(19-9-8-18-15)20-12-13-2-6-17-7-3-13/h2-3,6-9,14H,4-5,10-12H2,1H3,(H,19,20). The molecule has 110 valence electrons. The molecule has 0 saturated carbocycles. The molecule has 0 radical (unpaired) electrons. The number of aromatic nitrogens is 3. The minimum absolute atomic E-state index is 0.509. The Hall–Kier alpha value is -2.01. The maximum absolute atomic E-state index is 4.58. The predicted molar refractivity (Wildman–Crippen MR) is 83.1 cm³/mol. The molecule has 0 aliphatic carbocycles. The number of hydrogen-bond donors (Lipinski definition) is 1. The van der Waals surface area contributed by atoms with E-state index in [2.05, 4.69) is 32.2 Å². The van der Waals surface area contributed by atoms with Gasteiger partial charge in [0.2, 0.25) is 0 Å². The van der Waals surface area contributed by atoms with Gasteiger partial charge in [-0.05, 0) is 50.7 Å². The first-order valence-electron chi connectivity index (χ1n) is 7.45. The van der Waals surface area contributed by atoms with Crippen molar-refractivity contribution in [2.45, 2.75) is 25.3 Å². The summed E-state index contributed by atoms with van der Waals surface area (Å²) in [5.41, 5.74) is 2.31. The van der Waals surface area contributed by atoms with E-state index >= 15 is 0 Å². The van der Waals surface area contributed by atoms with Crippen LogP contribution in [0.1, 0.15) is 30.0 Å². The fraction of sp³-hybridized carbons (Fsp3) is 0.438. The second-order valence-electron chi connectivity index (χ2n) is 5.58. The Labute approximate surface area is 125 Å². The fourth-order valence-electron chi connectivity index (χ4n) is 2.75. The van der Waals surface area contributed by atoms with E-state index in [0.29, 0.717) is 5.92 Å². The van der Waals surface area contributed by atoms with Gasteiger partial charge in [-0.1, -0.05) is 0 Å². The number of rotatable bonds is 4. The number of nitrogens with one attached hydrogen (secondary N) is 1. The molecule has 5 nitrogen and oxygen atoms in total. The zero-order valence-electron chi connectivity index (χ0n) is 12.4. The van der Waals surface area contributed by atoms with Gasteiger partial charge in [0.1, 0.15) is 5.82 Å². The molecule has 3 rings (SSSR count). The third kappa shape index (κ3) is 3.55. The zero-order valence-corrected chi connectivity index (χ0v) is 12.4. The summed E-state index contributed by atoms with van der Waals surface area (Å²) >= 11 is 0. The van der Waals surface area contributed by atoms with Crippen LogP contribution in [0.5, 0.6) is 0 Å². The normalized spacial score (nSPS) is 16.8. The predicted octanol–water partition coefficient (Wildman–Crippen LogP) is 2.29. The number of pyridine rings is 1. The summed E-state index contributed by atoms with van der Waals surface area (Å²) in [4.78, 5) is 15.5. The van der Waals surface area contributed by atoms with Crippen molar-refractivity contribution in [3.8, 4) is 0 Å². The lowest BCUT2D eigenvalue weighted by atomic mass is 9.93. The highest BCUT2D eigenvalue weighted by atomic mass is 15.1. The van der Waals surface area contributed by atoms with Gasteiger partial charge in [0, 0.05) is 37.3 Å². The van der Waals surface area contributed by atoms with Crippen molar-refractivity contribution in [1.29, 1.82) is 0 Å². The van der Waals surface area contributed by atoms with Crippen molar-refractivity contribution in [2.24, 2.45) is 0 Å². The molecule has 1 N–H and O–H groups in total. The second kappa shape index (κ2) is 6.63. The minimum atomic E-state index is 0.509. The van der Waals surface area contributed by atoms with Crippen molar-refractivity contribution in [3.63, 3.8) is 0 Å². The van der Waals surface area contributed by atoms with Crippen LogP contribution in [0.25, 0.3) is 0 Å². The van der Waals surface area contributed by atoms with Gasteiger partial charge in [-0.15, -0.1) is 0 Å². The topological polar surface area (TPSA) is 53.9 Å². The molecule has 0 spiro atoms. The van der Waals surface area contributed by atoms with Crippen molar-refractivity contribution in [2.75, 3.05) is 25.5 Å². The largest absolute Gasteiger partial charge is 0.364 e. The van der Waals surface area contributed by atoms with E-state index in [9.17, 15) is 0 Å². The summed E-state index contributed by atoms with van der Waals surface area (Å²) in [6.07, 6.45) is 9.48. The summed E-state index contributed by atoms with van der Waals surface area (Å²) in [6, 6.07) is 4.03. The van der Waals surface area contributed by atoms with Gasteiger partial charge >= 0.3 is 0 Å². The Balaban J connectivity index is 1.70. The Kier molecular flexibility index (Phi) is 4.40. The van der Waals surface area contributed by atoms with Crippen molar-refractivity contribution >= 4 is 5.82 Å². The maximum Gasteiger partial charge on any atom is 0.148 e. The second-order valence-corrected chi connectivity index (χ2v) is 5.58. The molecule has 0 unspecified atom stereocenters. The molecule has 1 fully saturated rings. The van der Waals surface area contributed by atoms with Crippen LogP contribution >= 0.6 is 0 Å². The molecule has 0 bridgehead atoms. The molecule has 3 heterocycles. The number of hydrogen-bond acceptors (Lipinski definition) is 5. The summed E-state index contributed by atoms with van der Waals surface area (Å²) < 4.78 is 0. The van der Waals surface area contributed by atoms with Crippen molar-refractivity contribution in [3.05, 3.63) is 48.2 Å². The van der Waals surface area contributed by atoms with Crippen LogP contribution in [-0.2, 0) is 6.54 Å². The van der Waals surface area contributed by atoms with E-state index in [1.807, 2.05) is 24.5 Å². The van der Waals surface area contributed by atoms with Crippen LogP contribution in [0, 0.1) is 0 Å². The maximum atomic E-state index is 4.58. The molecule has 1 saturated heterocycles. The highest BCUT2D eigenvalue weighted by molar-refractivity contribution is 5.42. The summed E-state index contributed by atoms with van der Waals surface area (Å²) in [5.74, 6) is 1.43. The highest BCUT2D eigenvalue weighted by Crippen LogP contribution is 2.29. The third-order valence-corrected chi connectivity index (χ3v) is 4.04. The first-order valence-corrected chi connectivity index (χ1v) is 7.45. The van der Waals surface area contributed by atoms with E-state index in [0.717, 1.165) is 44.0 Å². The lowest BCUT2D eigenvalue weighted by molar-refractivity contribution is 0.253. The van der Waals surface area contributed by atoms with Crippen LogP contribution in [-0.4, -0.2) is 40.0 Å². The monoisotopic (exact) mass is 283 g/mol. The van der Waals surface area contributed by atoms with E-state index in [4.69, 9.17) is 0 Å². The van der Waals surface area contributed by atoms with Crippen LogP contribution in [0.3, 0.4) is 0 Å². The molecular weight excluding hydrogens is 262 g/mol. The molecule has 2 aromatic heterocycles. The van der Waals surface area contributed by atoms with Gasteiger partial charge in [-0.2, -0.15) is 0 Å². The van der Waals surface area contributed by atoms with Crippen molar-refractivity contribution < 1.29 is 0 Å². The molecule has 1 aliphatic heterocycles. The molecule has 21 heavy (non-hydrogen) atoms. The lowest BCUT2D eigenvalue weighted by Crippen LogP contribution is -2.30. The highest BCUT2D eigenvalue weighted by Gasteiger charge is 2.22. The quantitative estimate of drug-likeness (QED) is 0.933. The van der Waals surface area contributed by atoms with Gasteiger partial charge in [-0.3, -0.25) is 9.97 Å². The Bertz CT molecular complexity index is 564. The summed E-state index contributed by atoms with van der Waals surface area (Å²) in [5, 5.41) is 3.42. The van der Waals surface area contributed by atoms with Gasteiger partial charge in [-0.25, -0.2) is 4.98 Å². The lowest BCUT2D eigenvalue weighted by Gasteiger charge is -2.29. The molecule has 0 amide bonds. The Morgan fingerprint density at radius 3 is 2.57 bits per heavy atom. The Morgan fingerprint density at radius 2 is 1.81 bits per heavy atom. The minimum Gasteiger partial charge on any atom is -0.364 e. The van der Waals surface area contributed by atoms with Gasteiger partial charge in [0.15, 0.2) is 0 Å². The first-order chi connectivity index (χ1) is 10.3. The van der Waals surface area contributed by atoms with Gasteiger partial charge < -0.3 is 10.2 Å². The molecule has 1 aliphatic rings. The average Bonchev–Trinajstić information content (AvgIpc) is 2.55. The Morgan fingerprint density at radius 1 is 1.10 bits per heavy atom. The van der Waals surface area contributed by atoms with E-state index in [1.165, 1.54) is 5.56 Å².